The summed E-state index contributed by atoms with van der Waals surface area (Å²) >= 11 is 3.30. The Kier molecular flexibility index (Phi) is 2.59. The minimum Gasteiger partial charge on any atom is -0.508 e. The highest BCUT2D eigenvalue weighted by Crippen LogP contribution is 2.35. The van der Waals surface area contributed by atoms with Gasteiger partial charge in [-0.2, -0.15) is 0 Å². The summed E-state index contributed by atoms with van der Waals surface area (Å²) in [5, 5.41) is 9.71. The SMILES string of the molecule is O=Cc1c(Br)cc(O)c2c1CCCC2. The quantitative estimate of drug-likeness (QED) is 0.783. The largest absolute Gasteiger partial charge is 0.508 e. The maximum absolute atomic E-state index is 10.9. The van der Waals surface area contributed by atoms with Crippen molar-refractivity contribution in [1.29, 1.82) is 0 Å². The molecule has 2 rings (SSSR count). The molecule has 0 bridgehead atoms. The first-order valence-electron chi connectivity index (χ1n) is 4.72. The van der Waals surface area contributed by atoms with E-state index in [-0.39, 0.29) is 0 Å². The van der Waals surface area contributed by atoms with Crippen LogP contribution in [0.1, 0.15) is 34.3 Å². The van der Waals surface area contributed by atoms with Crippen LogP contribution < -0.4 is 0 Å². The standard InChI is InChI=1S/C11H11BrO2/c12-10-5-11(14)8-4-2-1-3-7(8)9(10)6-13/h5-6,14H,1-4H2. The number of aromatic hydroxyl groups is 1. The number of phenols is 1. The van der Waals surface area contributed by atoms with Gasteiger partial charge in [-0.1, -0.05) is 0 Å². The van der Waals surface area contributed by atoms with Gasteiger partial charge in [-0.25, -0.2) is 0 Å². The first-order valence-corrected chi connectivity index (χ1v) is 5.51. The molecule has 0 spiro atoms. The van der Waals surface area contributed by atoms with Gasteiger partial charge in [0.2, 0.25) is 0 Å². The van der Waals surface area contributed by atoms with Gasteiger partial charge in [0.1, 0.15) is 5.75 Å². The van der Waals surface area contributed by atoms with Crippen LogP contribution in [-0.4, -0.2) is 11.4 Å². The van der Waals surface area contributed by atoms with Crippen molar-refractivity contribution >= 4 is 22.2 Å². The van der Waals surface area contributed by atoms with Gasteiger partial charge < -0.3 is 5.11 Å². The maximum atomic E-state index is 10.9. The van der Waals surface area contributed by atoms with Crippen molar-refractivity contribution in [1.82, 2.24) is 0 Å². The Bertz CT molecular complexity index is 385. The third-order valence-corrected chi connectivity index (χ3v) is 3.40. The van der Waals surface area contributed by atoms with Gasteiger partial charge in [-0.3, -0.25) is 4.79 Å². The number of halogens is 1. The second kappa shape index (κ2) is 3.73. The number of carbonyl (C=O) groups is 1. The molecule has 0 aliphatic heterocycles. The molecule has 1 N–H and O–H groups in total. The molecular formula is C11H11BrO2. The van der Waals surface area contributed by atoms with Crippen LogP contribution in [0.15, 0.2) is 10.5 Å². The summed E-state index contributed by atoms with van der Waals surface area (Å²) in [6.07, 6.45) is 4.85. The Hall–Kier alpha value is -0.830. The molecule has 74 valence electrons. The summed E-state index contributed by atoms with van der Waals surface area (Å²) < 4.78 is 0.700. The van der Waals surface area contributed by atoms with E-state index < -0.39 is 0 Å². The monoisotopic (exact) mass is 254 g/mol. The van der Waals surface area contributed by atoms with Gasteiger partial charge in [-0.15, -0.1) is 0 Å². The number of hydrogen-bond donors (Lipinski definition) is 1. The molecule has 0 unspecified atom stereocenters. The number of rotatable bonds is 1. The van der Waals surface area contributed by atoms with Gasteiger partial charge in [-0.05, 0) is 58.8 Å². The molecule has 0 aromatic heterocycles. The van der Waals surface area contributed by atoms with E-state index in [1.54, 1.807) is 6.07 Å². The second-order valence-electron chi connectivity index (χ2n) is 3.57. The molecule has 14 heavy (non-hydrogen) atoms. The van der Waals surface area contributed by atoms with Crippen molar-refractivity contribution < 1.29 is 9.90 Å². The van der Waals surface area contributed by atoms with E-state index in [2.05, 4.69) is 15.9 Å². The normalized spacial score (nSPS) is 14.9. The summed E-state index contributed by atoms with van der Waals surface area (Å²) in [7, 11) is 0. The molecule has 1 aliphatic carbocycles. The summed E-state index contributed by atoms with van der Waals surface area (Å²) in [5.74, 6) is 0.317. The number of hydrogen-bond acceptors (Lipinski definition) is 2. The molecule has 2 nitrogen and oxygen atoms in total. The molecule has 1 aromatic rings. The average Bonchev–Trinajstić information content (AvgIpc) is 2.18. The number of fused-ring (bicyclic) bond motifs is 1. The van der Waals surface area contributed by atoms with Crippen LogP contribution in [0.4, 0.5) is 0 Å². The fraction of sp³-hybridized carbons (Fsp3) is 0.364. The minimum absolute atomic E-state index is 0.317. The Morgan fingerprint density at radius 2 is 1.93 bits per heavy atom. The molecule has 1 aromatic carbocycles. The topological polar surface area (TPSA) is 37.3 Å². The molecule has 0 saturated heterocycles. The van der Waals surface area contributed by atoms with Crippen LogP contribution in [-0.2, 0) is 12.8 Å². The van der Waals surface area contributed by atoms with Crippen LogP contribution in [0.3, 0.4) is 0 Å². The van der Waals surface area contributed by atoms with Crippen molar-refractivity contribution in [2.24, 2.45) is 0 Å². The van der Waals surface area contributed by atoms with Gasteiger partial charge in [0, 0.05) is 10.0 Å². The molecule has 0 saturated carbocycles. The third-order valence-electron chi connectivity index (χ3n) is 2.74. The number of carbonyl (C=O) groups excluding carboxylic acids is 1. The highest BCUT2D eigenvalue weighted by molar-refractivity contribution is 9.10. The van der Waals surface area contributed by atoms with Crippen LogP contribution in [0.5, 0.6) is 5.75 Å². The first-order chi connectivity index (χ1) is 6.74. The Morgan fingerprint density at radius 1 is 1.29 bits per heavy atom. The van der Waals surface area contributed by atoms with Crippen molar-refractivity contribution in [3.63, 3.8) is 0 Å². The van der Waals surface area contributed by atoms with E-state index in [1.165, 1.54) is 0 Å². The molecule has 0 atom stereocenters. The van der Waals surface area contributed by atoms with Crippen LogP contribution in [0.2, 0.25) is 0 Å². The zero-order valence-electron chi connectivity index (χ0n) is 7.72. The van der Waals surface area contributed by atoms with E-state index in [4.69, 9.17) is 0 Å². The Labute approximate surface area is 91.1 Å². The molecule has 1 aliphatic rings. The highest BCUT2D eigenvalue weighted by atomic mass is 79.9. The molecule has 0 radical (unpaired) electrons. The predicted octanol–water partition coefficient (Wildman–Crippen LogP) is 2.85. The molecule has 0 fully saturated rings. The Balaban J connectivity index is 2.67. The van der Waals surface area contributed by atoms with E-state index in [0.717, 1.165) is 43.1 Å². The lowest BCUT2D eigenvalue weighted by Gasteiger charge is -2.19. The lowest BCUT2D eigenvalue weighted by Crippen LogP contribution is -2.07. The van der Waals surface area contributed by atoms with E-state index >= 15 is 0 Å². The fourth-order valence-corrected chi connectivity index (χ4v) is 2.59. The fourth-order valence-electron chi connectivity index (χ4n) is 2.04. The number of phenolic OH excluding ortho intramolecular Hbond substituents is 1. The van der Waals surface area contributed by atoms with Gasteiger partial charge in [0.15, 0.2) is 6.29 Å². The minimum atomic E-state index is 0.317. The number of benzene rings is 1. The average molecular weight is 255 g/mol. The zero-order chi connectivity index (χ0) is 10.1. The third kappa shape index (κ3) is 1.46. The molecule has 0 heterocycles. The summed E-state index contributed by atoms with van der Waals surface area (Å²) in [6, 6.07) is 1.62. The van der Waals surface area contributed by atoms with Crippen LogP contribution in [0, 0.1) is 0 Å². The van der Waals surface area contributed by atoms with Crippen molar-refractivity contribution in [2.45, 2.75) is 25.7 Å². The molecule has 0 amide bonds. The molecule has 3 heteroatoms. The smallest absolute Gasteiger partial charge is 0.151 e. The van der Waals surface area contributed by atoms with Crippen LogP contribution in [0.25, 0.3) is 0 Å². The van der Waals surface area contributed by atoms with E-state index in [1.807, 2.05) is 0 Å². The lowest BCUT2D eigenvalue weighted by molar-refractivity contribution is 0.112. The Morgan fingerprint density at radius 3 is 2.57 bits per heavy atom. The summed E-state index contributed by atoms with van der Waals surface area (Å²) in [5.41, 5.74) is 2.69. The zero-order valence-corrected chi connectivity index (χ0v) is 9.30. The predicted molar refractivity (Wildman–Crippen MR) is 57.8 cm³/mol. The van der Waals surface area contributed by atoms with Gasteiger partial charge in [0.05, 0.1) is 0 Å². The van der Waals surface area contributed by atoms with Crippen molar-refractivity contribution in [3.05, 3.63) is 27.2 Å². The van der Waals surface area contributed by atoms with E-state index in [9.17, 15) is 9.90 Å². The van der Waals surface area contributed by atoms with Crippen molar-refractivity contribution in [2.75, 3.05) is 0 Å². The van der Waals surface area contributed by atoms with Crippen LogP contribution >= 0.6 is 15.9 Å². The van der Waals surface area contributed by atoms with Gasteiger partial charge in [0.25, 0.3) is 0 Å². The summed E-state index contributed by atoms with van der Waals surface area (Å²) in [4.78, 5) is 10.9. The van der Waals surface area contributed by atoms with E-state index in [0.29, 0.717) is 15.8 Å². The van der Waals surface area contributed by atoms with Gasteiger partial charge >= 0.3 is 0 Å². The van der Waals surface area contributed by atoms with Crippen molar-refractivity contribution in [3.8, 4) is 5.75 Å². The maximum Gasteiger partial charge on any atom is 0.151 e. The second-order valence-corrected chi connectivity index (χ2v) is 4.43. The lowest BCUT2D eigenvalue weighted by atomic mass is 9.88. The first kappa shape index (κ1) is 9.71. The number of aldehydes is 1. The summed E-state index contributed by atoms with van der Waals surface area (Å²) in [6.45, 7) is 0. The highest BCUT2D eigenvalue weighted by Gasteiger charge is 2.18. The molecular weight excluding hydrogens is 244 g/mol.